The minimum absolute atomic E-state index is 0.187. The second kappa shape index (κ2) is 7.04. The maximum Gasteiger partial charge on any atom is 0.142 e. The SMILES string of the molecule is C=CCC[C@H](c1ccc(Cl)c(F)c1)N1CCNCC1. The van der Waals surface area contributed by atoms with Crippen LogP contribution in [0, 0.1) is 5.82 Å². The molecule has 1 saturated heterocycles. The van der Waals surface area contributed by atoms with Crippen molar-refractivity contribution in [2.24, 2.45) is 0 Å². The van der Waals surface area contributed by atoms with Gasteiger partial charge in [0.05, 0.1) is 5.02 Å². The molecule has 19 heavy (non-hydrogen) atoms. The van der Waals surface area contributed by atoms with Crippen molar-refractivity contribution in [2.45, 2.75) is 18.9 Å². The highest BCUT2D eigenvalue weighted by molar-refractivity contribution is 6.30. The molecule has 1 fully saturated rings. The quantitative estimate of drug-likeness (QED) is 0.833. The van der Waals surface area contributed by atoms with Gasteiger partial charge in [-0.15, -0.1) is 6.58 Å². The Morgan fingerprint density at radius 3 is 2.79 bits per heavy atom. The fourth-order valence-electron chi connectivity index (χ4n) is 2.55. The molecule has 1 aliphatic rings. The van der Waals surface area contributed by atoms with Gasteiger partial charge in [-0.2, -0.15) is 0 Å². The van der Waals surface area contributed by atoms with E-state index in [1.807, 2.05) is 12.1 Å². The number of halogens is 2. The summed E-state index contributed by atoms with van der Waals surface area (Å²) in [5, 5.41) is 3.53. The molecule has 1 aromatic rings. The number of rotatable bonds is 5. The molecule has 104 valence electrons. The fraction of sp³-hybridized carbons (Fsp3) is 0.467. The van der Waals surface area contributed by atoms with E-state index in [0.29, 0.717) is 0 Å². The molecule has 1 heterocycles. The molecule has 2 nitrogen and oxygen atoms in total. The van der Waals surface area contributed by atoms with Gasteiger partial charge in [0, 0.05) is 32.2 Å². The molecule has 2 rings (SSSR count). The molecular weight excluding hydrogens is 263 g/mol. The van der Waals surface area contributed by atoms with Gasteiger partial charge in [0.15, 0.2) is 0 Å². The molecule has 1 atom stereocenters. The standard InChI is InChI=1S/C15H20ClFN2/c1-2-3-4-15(19-9-7-18-8-10-19)12-5-6-13(16)14(17)11-12/h2,5-6,11,15,18H,1,3-4,7-10H2/t15-/m1/s1. The Morgan fingerprint density at radius 2 is 2.16 bits per heavy atom. The van der Waals surface area contributed by atoms with Crippen molar-refractivity contribution in [3.8, 4) is 0 Å². The highest BCUT2D eigenvalue weighted by atomic mass is 35.5. The van der Waals surface area contributed by atoms with Gasteiger partial charge in [0.2, 0.25) is 0 Å². The molecule has 0 amide bonds. The van der Waals surface area contributed by atoms with Crippen LogP contribution in [0.15, 0.2) is 30.9 Å². The summed E-state index contributed by atoms with van der Waals surface area (Å²) in [6.07, 6.45) is 3.81. The van der Waals surface area contributed by atoms with E-state index in [9.17, 15) is 4.39 Å². The summed E-state index contributed by atoms with van der Waals surface area (Å²) in [6.45, 7) is 7.73. The fourth-order valence-corrected chi connectivity index (χ4v) is 2.67. The Balaban J connectivity index is 2.19. The summed E-state index contributed by atoms with van der Waals surface area (Å²) >= 11 is 5.76. The first-order chi connectivity index (χ1) is 9.22. The summed E-state index contributed by atoms with van der Waals surface area (Å²) in [7, 11) is 0. The molecule has 0 unspecified atom stereocenters. The van der Waals surface area contributed by atoms with Crippen LogP contribution in [0.4, 0.5) is 4.39 Å². The van der Waals surface area contributed by atoms with Crippen molar-refractivity contribution in [3.05, 3.63) is 47.3 Å². The van der Waals surface area contributed by atoms with Crippen molar-refractivity contribution < 1.29 is 4.39 Å². The third-order valence-corrected chi connectivity index (χ3v) is 3.87. The first-order valence-electron chi connectivity index (χ1n) is 6.73. The first-order valence-corrected chi connectivity index (χ1v) is 7.11. The van der Waals surface area contributed by atoms with Crippen molar-refractivity contribution in [1.29, 1.82) is 0 Å². The Hall–Kier alpha value is -0.900. The topological polar surface area (TPSA) is 15.3 Å². The van der Waals surface area contributed by atoms with Crippen LogP contribution in [0.1, 0.15) is 24.4 Å². The largest absolute Gasteiger partial charge is 0.314 e. The van der Waals surface area contributed by atoms with E-state index in [2.05, 4.69) is 16.8 Å². The van der Waals surface area contributed by atoms with Crippen molar-refractivity contribution in [3.63, 3.8) is 0 Å². The maximum atomic E-state index is 13.6. The minimum atomic E-state index is -0.335. The lowest BCUT2D eigenvalue weighted by molar-refractivity contribution is 0.166. The molecule has 0 saturated carbocycles. The number of hydrogen-bond acceptors (Lipinski definition) is 2. The molecule has 0 aromatic heterocycles. The summed E-state index contributed by atoms with van der Waals surface area (Å²) in [6, 6.07) is 5.39. The summed E-state index contributed by atoms with van der Waals surface area (Å²) in [5.74, 6) is -0.335. The molecular formula is C15H20ClFN2. The predicted molar refractivity (Wildman–Crippen MR) is 78.0 cm³/mol. The van der Waals surface area contributed by atoms with Crippen LogP contribution in [-0.4, -0.2) is 31.1 Å². The highest BCUT2D eigenvalue weighted by Gasteiger charge is 2.22. The van der Waals surface area contributed by atoms with Gasteiger partial charge < -0.3 is 5.32 Å². The average molecular weight is 283 g/mol. The van der Waals surface area contributed by atoms with Gasteiger partial charge in [-0.25, -0.2) is 4.39 Å². The van der Waals surface area contributed by atoms with Crippen LogP contribution in [0.25, 0.3) is 0 Å². The third-order valence-electron chi connectivity index (χ3n) is 3.57. The monoisotopic (exact) mass is 282 g/mol. The van der Waals surface area contributed by atoms with E-state index in [4.69, 9.17) is 11.6 Å². The second-order valence-corrected chi connectivity index (χ2v) is 5.25. The van der Waals surface area contributed by atoms with E-state index < -0.39 is 0 Å². The van der Waals surface area contributed by atoms with Gasteiger partial charge in [-0.1, -0.05) is 23.7 Å². The van der Waals surface area contributed by atoms with E-state index in [1.54, 1.807) is 12.1 Å². The second-order valence-electron chi connectivity index (χ2n) is 4.84. The lowest BCUT2D eigenvalue weighted by Gasteiger charge is -2.35. The van der Waals surface area contributed by atoms with Crippen LogP contribution >= 0.6 is 11.6 Å². The number of nitrogens with zero attached hydrogens (tertiary/aromatic N) is 1. The van der Waals surface area contributed by atoms with Crippen LogP contribution in [-0.2, 0) is 0 Å². The third kappa shape index (κ3) is 3.78. The van der Waals surface area contributed by atoms with E-state index in [-0.39, 0.29) is 16.9 Å². The average Bonchev–Trinajstić information content (AvgIpc) is 2.44. The van der Waals surface area contributed by atoms with E-state index in [1.165, 1.54) is 0 Å². The van der Waals surface area contributed by atoms with Gasteiger partial charge in [-0.05, 0) is 30.5 Å². The summed E-state index contributed by atoms with van der Waals surface area (Å²) in [4.78, 5) is 2.41. The predicted octanol–water partition coefficient (Wildman–Crippen LogP) is 3.39. The smallest absolute Gasteiger partial charge is 0.142 e. The zero-order chi connectivity index (χ0) is 13.7. The molecule has 1 aromatic carbocycles. The molecule has 0 bridgehead atoms. The highest BCUT2D eigenvalue weighted by Crippen LogP contribution is 2.28. The van der Waals surface area contributed by atoms with Crippen molar-refractivity contribution in [1.82, 2.24) is 10.2 Å². The summed E-state index contributed by atoms with van der Waals surface area (Å²) in [5.41, 5.74) is 1.01. The van der Waals surface area contributed by atoms with Crippen molar-refractivity contribution in [2.75, 3.05) is 26.2 Å². The Kier molecular flexibility index (Phi) is 5.37. The van der Waals surface area contributed by atoms with E-state index in [0.717, 1.165) is 44.6 Å². The number of nitrogens with one attached hydrogen (secondary N) is 1. The van der Waals surface area contributed by atoms with Crippen LogP contribution in [0.5, 0.6) is 0 Å². The van der Waals surface area contributed by atoms with Crippen LogP contribution < -0.4 is 5.32 Å². The normalized spacial score (nSPS) is 18.2. The molecule has 0 spiro atoms. The summed E-state index contributed by atoms with van der Waals surface area (Å²) < 4.78 is 13.6. The zero-order valence-corrected chi connectivity index (χ0v) is 11.8. The molecule has 0 aliphatic carbocycles. The van der Waals surface area contributed by atoms with Crippen LogP contribution in [0.3, 0.4) is 0 Å². The van der Waals surface area contributed by atoms with Gasteiger partial charge in [-0.3, -0.25) is 4.90 Å². The molecule has 0 radical (unpaired) electrons. The van der Waals surface area contributed by atoms with Crippen LogP contribution in [0.2, 0.25) is 5.02 Å². The Morgan fingerprint density at radius 1 is 1.42 bits per heavy atom. The number of allylic oxidation sites excluding steroid dienone is 1. The van der Waals surface area contributed by atoms with Gasteiger partial charge >= 0.3 is 0 Å². The Bertz CT molecular complexity index is 430. The molecule has 1 aliphatic heterocycles. The first kappa shape index (κ1) is 14.5. The van der Waals surface area contributed by atoms with Crippen molar-refractivity contribution >= 4 is 11.6 Å². The van der Waals surface area contributed by atoms with Gasteiger partial charge in [0.25, 0.3) is 0 Å². The number of benzene rings is 1. The molecule has 4 heteroatoms. The minimum Gasteiger partial charge on any atom is -0.314 e. The maximum absolute atomic E-state index is 13.6. The molecule has 1 N–H and O–H groups in total. The van der Waals surface area contributed by atoms with Gasteiger partial charge in [0.1, 0.15) is 5.82 Å². The zero-order valence-electron chi connectivity index (χ0n) is 11.0. The lowest BCUT2D eigenvalue weighted by atomic mass is 9.99. The number of hydrogen-bond donors (Lipinski definition) is 1. The Labute approximate surface area is 119 Å². The number of piperazine rings is 1. The van der Waals surface area contributed by atoms with E-state index >= 15 is 0 Å². The lowest BCUT2D eigenvalue weighted by Crippen LogP contribution is -2.45.